The van der Waals surface area contributed by atoms with Gasteiger partial charge in [-0.2, -0.15) is 0 Å². The Bertz CT molecular complexity index is 1330. The van der Waals surface area contributed by atoms with E-state index in [0.29, 0.717) is 32.2 Å². The molecule has 1 atom stereocenters. The zero-order valence-corrected chi connectivity index (χ0v) is 21.6. The summed E-state index contributed by atoms with van der Waals surface area (Å²) in [6.07, 6.45) is 0. The number of rotatable bonds is 7. The second-order valence-electron chi connectivity index (χ2n) is 7.38. The number of thiazole rings is 1. The van der Waals surface area contributed by atoms with Crippen molar-refractivity contribution >= 4 is 74.7 Å². The van der Waals surface area contributed by atoms with Crippen molar-refractivity contribution in [2.45, 2.75) is 17.1 Å². The van der Waals surface area contributed by atoms with Crippen molar-refractivity contribution in [1.82, 2.24) is 4.98 Å². The predicted molar refractivity (Wildman–Crippen MR) is 147 cm³/mol. The monoisotopic (exact) mass is 542 g/mol. The Hall–Kier alpha value is -3.04. The molecule has 0 bridgehead atoms. The number of aromatic nitrogens is 1. The maximum absolute atomic E-state index is 12.7. The van der Waals surface area contributed by atoms with Crippen molar-refractivity contribution in [2.75, 3.05) is 16.0 Å². The largest absolute Gasteiger partial charge is 0.323 e. The van der Waals surface area contributed by atoms with Crippen LogP contribution in [0, 0.1) is 0 Å². The number of urea groups is 1. The molecule has 0 aliphatic heterocycles. The highest BCUT2D eigenvalue weighted by atomic mass is 35.5. The van der Waals surface area contributed by atoms with Gasteiger partial charge in [-0.3, -0.25) is 4.79 Å². The molecule has 4 aromatic rings. The molecule has 0 aliphatic carbocycles. The number of hydrogen-bond acceptors (Lipinski definition) is 5. The van der Waals surface area contributed by atoms with Crippen LogP contribution < -0.4 is 16.0 Å². The van der Waals surface area contributed by atoms with Crippen LogP contribution >= 0.6 is 46.3 Å². The molecule has 0 radical (unpaired) electrons. The highest BCUT2D eigenvalue weighted by Gasteiger charge is 2.17. The topological polar surface area (TPSA) is 83.1 Å². The Kier molecular flexibility index (Phi) is 8.30. The van der Waals surface area contributed by atoms with Gasteiger partial charge in [-0.25, -0.2) is 9.78 Å². The number of hydrogen-bond donors (Lipinski definition) is 3. The minimum atomic E-state index is -0.360. The van der Waals surface area contributed by atoms with Crippen LogP contribution in [0.1, 0.15) is 6.92 Å². The van der Waals surface area contributed by atoms with Gasteiger partial charge >= 0.3 is 6.03 Å². The summed E-state index contributed by atoms with van der Waals surface area (Å²) in [6, 6.07) is 21.4. The standard InChI is InChI=1S/C25H20Cl2N4O2S2/c1-15(23(32)31-25-30-22(14-34-25)20-12-7-16(26)13-21(20)27)35-19-10-8-18(9-11-19)29-24(33)28-17-5-3-2-4-6-17/h2-15H,1H3,(H2,28,29,33)(H,30,31,32). The van der Waals surface area contributed by atoms with Crippen molar-refractivity contribution < 1.29 is 9.59 Å². The fourth-order valence-electron chi connectivity index (χ4n) is 3.05. The van der Waals surface area contributed by atoms with Gasteiger partial charge in [-0.05, 0) is 61.5 Å². The van der Waals surface area contributed by atoms with Gasteiger partial charge < -0.3 is 16.0 Å². The summed E-state index contributed by atoms with van der Waals surface area (Å²) < 4.78 is 0. The van der Waals surface area contributed by atoms with Gasteiger partial charge in [0.25, 0.3) is 0 Å². The van der Waals surface area contributed by atoms with Gasteiger partial charge in [-0.1, -0.05) is 41.4 Å². The Balaban J connectivity index is 1.30. The number of nitrogens with zero attached hydrogens (tertiary/aromatic N) is 1. The molecule has 0 saturated carbocycles. The molecule has 0 saturated heterocycles. The summed E-state index contributed by atoms with van der Waals surface area (Å²) in [5.41, 5.74) is 2.78. The molecule has 3 N–H and O–H groups in total. The van der Waals surface area contributed by atoms with Gasteiger partial charge in [0, 0.05) is 32.2 Å². The van der Waals surface area contributed by atoms with E-state index >= 15 is 0 Å². The van der Waals surface area contributed by atoms with Crippen molar-refractivity contribution in [3.05, 3.63) is 88.2 Å². The van der Waals surface area contributed by atoms with Crippen LogP contribution in [0.4, 0.5) is 21.3 Å². The Labute approximate surface area is 221 Å². The Morgan fingerprint density at radius 3 is 2.29 bits per heavy atom. The number of amides is 3. The van der Waals surface area contributed by atoms with E-state index in [1.807, 2.05) is 54.8 Å². The minimum absolute atomic E-state index is 0.164. The van der Waals surface area contributed by atoms with Crippen LogP contribution in [-0.2, 0) is 4.79 Å². The Morgan fingerprint density at radius 1 is 0.914 bits per heavy atom. The summed E-state index contributed by atoms with van der Waals surface area (Å²) in [5, 5.41) is 11.4. The normalized spacial score (nSPS) is 11.5. The number of thioether (sulfide) groups is 1. The quantitative estimate of drug-likeness (QED) is 0.207. The molecule has 0 fully saturated rings. The van der Waals surface area contributed by atoms with Crippen molar-refractivity contribution in [3.8, 4) is 11.3 Å². The number of carbonyl (C=O) groups excluding carboxylic acids is 2. The molecule has 0 spiro atoms. The molecular formula is C25H20Cl2N4O2S2. The first-order chi connectivity index (χ1) is 16.9. The van der Waals surface area contributed by atoms with E-state index < -0.39 is 0 Å². The third-order valence-electron chi connectivity index (χ3n) is 4.77. The van der Waals surface area contributed by atoms with Gasteiger partial charge in [0.15, 0.2) is 5.13 Å². The zero-order valence-electron chi connectivity index (χ0n) is 18.4. The van der Waals surface area contributed by atoms with Gasteiger partial charge in [0.1, 0.15) is 0 Å². The first-order valence-corrected chi connectivity index (χ1v) is 13.0. The van der Waals surface area contributed by atoms with Crippen LogP contribution in [0.15, 0.2) is 83.1 Å². The number of nitrogens with one attached hydrogen (secondary N) is 3. The van der Waals surface area contributed by atoms with E-state index in [0.717, 1.165) is 10.5 Å². The average molecular weight is 544 g/mol. The maximum atomic E-state index is 12.7. The lowest BCUT2D eigenvalue weighted by molar-refractivity contribution is -0.115. The molecule has 35 heavy (non-hydrogen) atoms. The summed E-state index contributed by atoms with van der Waals surface area (Å²) in [7, 11) is 0. The second-order valence-corrected chi connectivity index (χ2v) is 10.5. The van der Waals surface area contributed by atoms with Crippen LogP contribution in [-0.4, -0.2) is 22.2 Å². The zero-order chi connectivity index (χ0) is 24.8. The lowest BCUT2D eigenvalue weighted by Crippen LogP contribution is -2.22. The van der Waals surface area contributed by atoms with Gasteiger partial charge in [0.05, 0.1) is 16.0 Å². The highest BCUT2D eigenvalue weighted by Crippen LogP contribution is 2.33. The van der Waals surface area contributed by atoms with E-state index in [2.05, 4.69) is 20.9 Å². The predicted octanol–water partition coefficient (Wildman–Crippen LogP) is 7.88. The number of halogens is 2. The molecule has 10 heteroatoms. The first kappa shape index (κ1) is 25.1. The molecule has 1 heterocycles. The summed E-state index contributed by atoms with van der Waals surface area (Å²) >= 11 is 15.0. The smallest absolute Gasteiger partial charge is 0.308 e. The minimum Gasteiger partial charge on any atom is -0.308 e. The second kappa shape index (κ2) is 11.6. The first-order valence-electron chi connectivity index (χ1n) is 10.5. The average Bonchev–Trinajstić information content (AvgIpc) is 3.29. The fourth-order valence-corrected chi connectivity index (χ4v) is 5.13. The summed E-state index contributed by atoms with van der Waals surface area (Å²) in [6.45, 7) is 1.82. The van der Waals surface area contributed by atoms with E-state index in [4.69, 9.17) is 23.2 Å². The molecule has 1 aromatic heterocycles. The molecule has 6 nitrogen and oxygen atoms in total. The van der Waals surface area contributed by atoms with Gasteiger partial charge in [-0.15, -0.1) is 23.1 Å². The fraction of sp³-hybridized carbons (Fsp3) is 0.0800. The maximum Gasteiger partial charge on any atom is 0.323 e. The molecule has 178 valence electrons. The van der Waals surface area contributed by atoms with Crippen molar-refractivity contribution in [3.63, 3.8) is 0 Å². The van der Waals surface area contributed by atoms with Gasteiger partial charge in [0.2, 0.25) is 5.91 Å². The van der Waals surface area contributed by atoms with E-state index in [1.54, 1.807) is 30.3 Å². The van der Waals surface area contributed by atoms with E-state index in [-0.39, 0.29) is 17.2 Å². The van der Waals surface area contributed by atoms with Crippen LogP contribution in [0.3, 0.4) is 0 Å². The lowest BCUT2D eigenvalue weighted by atomic mass is 10.2. The van der Waals surface area contributed by atoms with Crippen LogP contribution in [0.5, 0.6) is 0 Å². The number of carbonyl (C=O) groups is 2. The number of para-hydroxylation sites is 1. The molecule has 3 amide bonds. The summed E-state index contributed by atoms with van der Waals surface area (Å²) in [5.74, 6) is -0.164. The lowest BCUT2D eigenvalue weighted by Gasteiger charge is -2.11. The van der Waals surface area contributed by atoms with Crippen LogP contribution in [0.25, 0.3) is 11.3 Å². The van der Waals surface area contributed by atoms with Crippen LogP contribution in [0.2, 0.25) is 10.0 Å². The van der Waals surface area contributed by atoms with E-state index in [1.165, 1.54) is 23.1 Å². The molecular weight excluding hydrogens is 523 g/mol. The SMILES string of the molecule is CC(Sc1ccc(NC(=O)Nc2ccccc2)cc1)C(=O)Nc1nc(-c2ccc(Cl)cc2Cl)cs1. The number of benzene rings is 3. The van der Waals surface area contributed by atoms with Crippen molar-refractivity contribution in [1.29, 1.82) is 0 Å². The van der Waals surface area contributed by atoms with Crippen molar-refractivity contribution in [2.24, 2.45) is 0 Å². The Morgan fingerprint density at radius 2 is 1.60 bits per heavy atom. The highest BCUT2D eigenvalue weighted by molar-refractivity contribution is 8.00. The van der Waals surface area contributed by atoms with E-state index in [9.17, 15) is 9.59 Å². The summed E-state index contributed by atoms with van der Waals surface area (Å²) in [4.78, 5) is 30.2. The molecule has 1 unspecified atom stereocenters. The molecule has 0 aliphatic rings. The molecule has 3 aromatic carbocycles. The third-order valence-corrected chi connectivity index (χ3v) is 7.18. The third kappa shape index (κ3) is 6.99. The number of anilines is 3. The molecule has 4 rings (SSSR count).